The van der Waals surface area contributed by atoms with Crippen LogP contribution in [0.1, 0.15) is 77.2 Å². The van der Waals surface area contributed by atoms with Gasteiger partial charge in [0, 0.05) is 38.5 Å². The molecule has 0 aromatic carbocycles. The third-order valence-electron chi connectivity index (χ3n) is 6.44. The molecular formula is C25H39N3O5. The number of carbonyl (C=O) groups excluding carboxylic acids is 2. The monoisotopic (exact) mass is 461 g/mol. The Labute approximate surface area is 197 Å². The fraction of sp³-hybridized carbons (Fsp3) is 0.720. The topological polar surface area (TPSA) is 81.2 Å². The van der Waals surface area contributed by atoms with Gasteiger partial charge in [0.2, 0.25) is 0 Å². The van der Waals surface area contributed by atoms with E-state index >= 15 is 0 Å². The van der Waals surface area contributed by atoms with Gasteiger partial charge in [-0.3, -0.25) is 4.90 Å². The summed E-state index contributed by atoms with van der Waals surface area (Å²) in [4.78, 5) is 32.5. The predicted molar refractivity (Wildman–Crippen MR) is 125 cm³/mol. The Morgan fingerprint density at radius 3 is 2.33 bits per heavy atom. The van der Waals surface area contributed by atoms with Crippen LogP contribution in [-0.4, -0.2) is 71.0 Å². The van der Waals surface area contributed by atoms with Gasteiger partial charge in [0.05, 0.1) is 13.3 Å². The lowest BCUT2D eigenvalue weighted by atomic mass is 9.83. The van der Waals surface area contributed by atoms with Crippen molar-refractivity contribution in [2.75, 3.05) is 26.7 Å². The van der Waals surface area contributed by atoms with E-state index in [-0.39, 0.29) is 17.5 Å². The summed E-state index contributed by atoms with van der Waals surface area (Å²) in [7, 11) is 1.34. The first-order valence-corrected chi connectivity index (χ1v) is 12.0. The number of amides is 1. The predicted octanol–water partition coefficient (Wildman–Crippen LogP) is 4.48. The third-order valence-corrected chi connectivity index (χ3v) is 6.44. The summed E-state index contributed by atoms with van der Waals surface area (Å²) < 4.78 is 16.8. The van der Waals surface area contributed by atoms with Gasteiger partial charge in [0.1, 0.15) is 17.0 Å². The number of esters is 1. The van der Waals surface area contributed by atoms with Crippen LogP contribution in [0.5, 0.6) is 5.75 Å². The number of hydrogen-bond acceptors (Lipinski definition) is 7. The van der Waals surface area contributed by atoms with Crippen LogP contribution >= 0.6 is 0 Å². The maximum Gasteiger partial charge on any atom is 0.410 e. The number of hydrogen-bond donors (Lipinski definition) is 0. The molecule has 0 spiro atoms. The number of methoxy groups -OCH3 is 1. The van der Waals surface area contributed by atoms with Gasteiger partial charge < -0.3 is 19.1 Å². The number of carbonyl (C=O) groups is 2. The average Bonchev–Trinajstić information content (AvgIpc) is 2.74. The van der Waals surface area contributed by atoms with Gasteiger partial charge in [0.25, 0.3) is 0 Å². The Morgan fingerprint density at radius 1 is 1.21 bits per heavy atom. The van der Waals surface area contributed by atoms with E-state index in [1.165, 1.54) is 7.11 Å². The molecule has 184 valence electrons. The number of aromatic nitrogens is 1. The Kier molecular flexibility index (Phi) is 7.88. The zero-order valence-electron chi connectivity index (χ0n) is 20.9. The smallest absolute Gasteiger partial charge is 0.410 e. The molecule has 0 atom stereocenters. The second-order valence-electron chi connectivity index (χ2n) is 10.4. The SMILES string of the molecule is COC(=O)c1ccc(OC2(N(CC3CCN(C(=O)OC(C)(C)C)CC3)C(C)C)CCC2)cn1. The van der Waals surface area contributed by atoms with Crippen molar-refractivity contribution in [3.05, 3.63) is 24.0 Å². The van der Waals surface area contributed by atoms with Crippen LogP contribution in [0.25, 0.3) is 0 Å². The number of nitrogens with zero attached hydrogens (tertiary/aromatic N) is 3. The van der Waals surface area contributed by atoms with Gasteiger partial charge in [-0.1, -0.05) is 0 Å². The van der Waals surface area contributed by atoms with E-state index in [0.717, 1.165) is 51.7 Å². The van der Waals surface area contributed by atoms with Crippen molar-refractivity contribution in [3.8, 4) is 5.75 Å². The molecule has 0 unspecified atom stereocenters. The molecule has 33 heavy (non-hydrogen) atoms. The van der Waals surface area contributed by atoms with E-state index in [4.69, 9.17) is 14.2 Å². The molecule has 1 aromatic heterocycles. The largest absolute Gasteiger partial charge is 0.471 e. The second kappa shape index (κ2) is 10.3. The van der Waals surface area contributed by atoms with Gasteiger partial charge in [-0.05, 0) is 71.9 Å². The minimum absolute atomic E-state index is 0.219. The van der Waals surface area contributed by atoms with Crippen molar-refractivity contribution < 1.29 is 23.8 Å². The highest BCUT2D eigenvalue weighted by Gasteiger charge is 2.47. The number of piperidine rings is 1. The van der Waals surface area contributed by atoms with Crippen LogP contribution in [-0.2, 0) is 9.47 Å². The molecule has 2 heterocycles. The van der Waals surface area contributed by atoms with Crippen LogP contribution in [0.15, 0.2) is 18.3 Å². The minimum Gasteiger partial charge on any atom is -0.471 e. The molecule has 3 rings (SSSR count). The molecule has 0 radical (unpaired) electrons. The molecule has 2 aliphatic rings. The lowest BCUT2D eigenvalue weighted by Gasteiger charge is -2.52. The highest BCUT2D eigenvalue weighted by Crippen LogP contribution is 2.41. The molecular weight excluding hydrogens is 422 g/mol. The Balaban J connectivity index is 1.62. The summed E-state index contributed by atoms with van der Waals surface area (Å²) in [6.07, 6.45) is 6.32. The minimum atomic E-state index is -0.472. The van der Waals surface area contributed by atoms with E-state index < -0.39 is 11.6 Å². The summed E-state index contributed by atoms with van der Waals surface area (Å²) in [5.41, 5.74) is -0.560. The van der Waals surface area contributed by atoms with Crippen molar-refractivity contribution >= 4 is 12.1 Å². The van der Waals surface area contributed by atoms with Gasteiger partial charge in [-0.15, -0.1) is 0 Å². The molecule has 1 aromatic rings. The van der Waals surface area contributed by atoms with E-state index in [1.54, 1.807) is 18.3 Å². The number of likely N-dealkylation sites (tertiary alicyclic amines) is 1. The van der Waals surface area contributed by atoms with Gasteiger partial charge in [-0.25, -0.2) is 14.6 Å². The lowest BCUT2D eigenvalue weighted by molar-refractivity contribution is -0.160. The van der Waals surface area contributed by atoms with Crippen molar-refractivity contribution in [3.63, 3.8) is 0 Å². The summed E-state index contributed by atoms with van der Waals surface area (Å²) in [5, 5.41) is 0. The molecule has 1 aliphatic carbocycles. The van der Waals surface area contributed by atoms with Crippen LogP contribution < -0.4 is 4.74 Å². The summed E-state index contributed by atoms with van der Waals surface area (Å²) in [6.45, 7) is 12.5. The van der Waals surface area contributed by atoms with Crippen LogP contribution in [0, 0.1) is 5.92 Å². The van der Waals surface area contributed by atoms with E-state index in [1.807, 2.05) is 25.7 Å². The molecule has 0 bridgehead atoms. The molecule has 0 N–H and O–H groups in total. The maximum atomic E-state index is 12.4. The van der Waals surface area contributed by atoms with E-state index in [2.05, 4.69) is 23.7 Å². The van der Waals surface area contributed by atoms with Crippen LogP contribution in [0.2, 0.25) is 0 Å². The summed E-state index contributed by atoms with van der Waals surface area (Å²) in [5.74, 6) is 0.696. The molecule has 1 aliphatic heterocycles. The molecule has 1 saturated heterocycles. The Bertz CT molecular complexity index is 806. The summed E-state index contributed by atoms with van der Waals surface area (Å²) >= 11 is 0. The lowest BCUT2D eigenvalue weighted by Crippen LogP contribution is -2.61. The highest BCUT2D eigenvalue weighted by atomic mass is 16.6. The molecule has 1 saturated carbocycles. The molecule has 2 fully saturated rings. The van der Waals surface area contributed by atoms with E-state index in [0.29, 0.717) is 17.7 Å². The van der Waals surface area contributed by atoms with E-state index in [9.17, 15) is 9.59 Å². The quantitative estimate of drug-likeness (QED) is 0.437. The van der Waals surface area contributed by atoms with Crippen LogP contribution in [0.3, 0.4) is 0 Å². The standard InChI is InChI=1S/C25H39N3O5/c1-18(2)28(17-19-10-14-27(15-11-19)23(30)33-24(3,4)5)25(12-7-13-25)32-20-8-9-21(26-16-20)22(29)31-6/h8-9,16,18-19H,7,10-15,17H2,1-6H3. The van der Waals surface area contributed by atoms with Crippen molar-refractivity contribution in [2.24, 2.45) is 5.92 Å². The number of rotatable bonds is 7. The Hall–Kier alpha value is -2.35. The van der Waals surface area contributed by atoms with Crippen molar-refractivity contribution in [1.82, 2.24) is 14.8 Å². The first-order chi connectivity index (χ1) is 15.5. The van der Waals surface area contributed by atoms with Gasteiger partial charge >= 0.3 is 12.1 Å². The van der Waals surface area contributed by atoms with Gasteiger partial charge in [-0.2, -0.15) is 0 Å². The maximum absolute atomic E-state index is 12.4. The highest BCUT2D eigenvalue weighted by molar-refractivity contribution is 5.87. The summed E-state index contributed by atoms with van der Waals surface area (Å²) in [6, 6.07) is 3.74. The molecule has 8 nitrogen and oxygen atoms in total. The van der Waals surface area contributed by atoms with Crippen molar-refractivity contribution in [2.45, 2.75) is 84.1 Å². The second-order valence-corrected chi connectivity index (χ2v) is 10.4. The molecule has 1 amide bonds. The number of pyridine rings is 1. The fourth-order valence-electron chi connectivity index (χ4n) is 4.56. The fourth-order valence-corrected chi connectivity index (χ4v) is 4.56. The number of ether oxygens (including phenoxy) is 3. The first-order valence-electron chi connectivity index (χ1n) is 12.0. The zero-order chi connectivity index (χ0) is 24.2. The van der Waals surface area contributed by atoms with Crippen molar-refractivity contribution in [1.29, 1.82) is 0 Å². The zero-order valence-corrected chi connectivity index (χ0v) is 20.9. The third kappa shape index (κ3) is 6.37. The first kappa shape index (κ1) is 25.3. The van der Waals surface area contributed by atoms with Crippen LogP contribution in [0.4, 0.5) is 4.79 Å². The van der Waals surface area contributed by atoms with Gasteiger partial charge in [0.15, 0.2) is 5.72 Å². The molecule has 8 heteroatoms. The Morgan fingerprint density at radius 2 is 1.88 bits per heavy atom. The normalized spacial score (nSPS) is 18.7. The average molecular weight is 462 g/mol.